The molecule has 0 unspecified atom stereocenters. The van der Waals surface area contributed by atoms with Gasteiger partial charge in [-0.2, -0.15) is 0 Å². The molecule has 0 saturated carbocycles. The van der Waals surface area contributed by atoms with Crippen molar-refractivity contribution in [3.05, 3.63) is 28.6 Å². The molecule has 0 bridgehead atoms. The molecule has 1 heterocycles. The standard InChI is InChI=1S/C8H4BClS/c9-7-4-11-8-2-1-5(10)3-6(7)8/h1-4H. The molecule has 52 valence electrons. The summed E-state index contributed by atoms with van der Waals surface area (Å²) in [5, 5.41) is 3.73. The summed E-state index contributed by atoms with van der Waals surface area (Å²) in [5.74, 6) is 0. The lowest BCUT2D eigenvalue weighted by atomic mass is 9.96. The lowest BCUT2D eigenvalue weighted by molar-refractivity contribution is 1.86. The van der Waals surface area contributed by atoms with Gasteiger partial charge >= 0.3 is 0 Å². The third-order valence-corrected chi connectivity index (χ3v) is 2.78. The molecule has 0 aliphatic heterocycles. The number of hydrogen-bond donors (Lipinski definition) is 0. The summed E-state index contributed by atoms with van der Waals surface area (Å²) in [6.45, 7) is 0. The van der Waals surface area contributed by atoms with Crippen LogP contribution < -0.4 is 5.46 Å². The Balaban J connectivity index is 2.87. The molecule has 3 heteroatoms. The fourth-order valence-corrected chi connectivity index (χ4v) is 2.02. The van der Waals surface area contributed by atoms with Crippen LogP contribution in [-0.4, -0.2) is 7.85 Å². The van der Waals surface area contributed by atoms with E-state index in [1.165, 1.54) is 4.70 Å². The van der Waals surface area contributed by atoms with Crippen LogP contribution in [0.3, 0.4) is 0 Å². The van der Waals surface area contributed by atoms with E-state index in [2.05, 4.69) is 0 Å². The van der Waals surface area contributed by atoms with Crippen LogP contribution in [0.1, 0.15) is 0 Å². The SMILES string of the molecule is [B]c1csc2ccc(Cl)cc12. The first-order valence-electron chi connectivity index (χ1n) is 3.19. The van der Waals surface area contributed by atoms with Crippen LogP contribution in [0, 0.1) is 0 Å². The van der Waals surface area contributed by atoms with Gasteiger partial charge in [-0.25, -0.2) is 0 Å². The molecule has 0 aliphatic carbocycles. The Hall–Kier alpha value is -0.465. The summed E-state index contributed by atoms with van der Waals surface area (Å²) >= 11 is 7.44. The zero-order valence-corrected chi connectivity index (χ0v) is 7.25. The number of rotatable bonds is 0. The molecule has 0 amide bonds. The Bertz CT molecular complexity index is 394. The van der Waals surface area contributed by atoms with Gasteiger partial charge in [-0.3, -0.25) is 0 Å². The van der Waals surface area contributed by atoms with Crippen LogP contribution in [0.4, 0.5) is 0 Å². The van der Waals surface area contributed by atoms with Crippen LogP contribution in [0.5, 0.6) is 0 Å². The minimum absolute atomic E-state index is 0.739. The monoisotopic (exact) mass is 178 g/mol. The maximum atomic E-state index is 5.80. The number of hydrogen-bond acceptors (Lipinski definition) is 1. The van der Waals surface area contributed by atoms with Gasteiger partial charge in [0, 0.05) is 9.72 Å². The molecular weight excluding hydrogens is 174 g/mol. The van der Waals surface area contributed by atoms with E-state index in [9.17, 15) is 0 Å². The lowest BCUT2D eigenvalue weighted by Gasteiger charge is -1.91. The minimum Gasteiger partial charge on any atom is -0.144 e. The third-order valence-electron chi connectivity index (χ3n) is 1.57. The Morgan fingerprint density at radius 2 is 2.18 bits per heavy atom. The largest absolute Gasteiger partial charge is 0.144 e. The highest BCUT2D eigenvalue weighted by atomic mass is 35.5. The van der Waals surface area contributed by atoms with Crippen LogP contribution in [0.2, 0.25) is 5.02 Å². The fraction of sp³-hybridized carbons (Fsp3) is 0. The molecular formula is C8H4BClS. The minimum atomic E-state index is 0.739. The number of thiophene rings is 1. The van der Waals surface area contributed by atoms with Crippen molar-refractivity contribution in [1.29, 1.82) is 0 Å². The first-order valence-corrected chi connectivity index (χ1v) is 4.45. The quantitative estimate of drug-likeness (QED) is 0.543. The predicted octanol–water partition coefficient (Wildman–Crippen LogP) is 2.35. The van der Waals surface area contributed by atoms with E-state index >= 15 is 0 Å². The molecule has 0 fully saturated rings. The lowest BCUT2D eigenvalue weighted by Crippen LogP contribution is -1.96. The van der Waals surface area contributed by atoms with Crippen LogP contribution in [-0.2, 0) is 0 Å². The van der Waals surface area contributed by atoms with E-state index in [4.69, 9.17) is 19.4 Å². The zero-order chi connectivity index (χ0) is 7.84. The van der Waals surface area contributed by atoms with E-state index in [0.717, 1.165) is 15.9 Å². The second-order valence-electron chi connectivity index (χ2n) is 2.33. The van der Waals surface area contributed by atoms with Gasteiger partial charge in [0.2, 0.25) is 0 Å². The van der Waals surface area contributed by atoms with Crippen molar-refractivity contribution in [2.24, 2.45) is 0 Å². The first kappa shape index (κ1) is 7.20. The van der Waals surface area contributed by atoms with Gasteiger partial charge in [-0.1, -0.05) is 17.1 Å². The van der Waals surface area contributed by atoms with E-state index in [0.29, 0.717) is 0 Å². The van der Waals surface area contributed by atoms with Crippen molar-refractivity contribution in [1.82, 2.24) is 0 Å². The summed E-state index contributed by atoms with van der Waals surface area (Å²) in [6.07, 6.45) is 0. The molecule has 2 rings (SSSR count). The fourth-order valence-electron chi connectivity index (χ4n) is 1.02. The van der Waals surface area contributed by atoms with Gasteiger partial charge in [0.25, 0.3) is 0 Å². The summed E-state index contributed by atoms with van der Waals surface area (Å²) in [7, 11) is 5.70. The number of halogens is 1. The molecule has 0 saturated heterocycles. The van der Waals surface area contributed by atoms with E-state index < -0.39 is 0 Å². The van der Waals surface area contributed by atoms with Gasteiger partial charge in [-0.15, -0.1) is 11.3 Å². The molecule has 2 radical (unpaired) electrons. The summed E-state index contributed by atoms with van der Waals surface area (Å²) in [5.41, 5.74) is 0.813. The molecule has 0 spiro atoms. The first-order chi connectivity index (χ1) is 5.27. The topological polar surface area (TPSA) is 0 Å². The predicted molar refractivity (Wildman–Crippen MR) is 52.2 cm³/mol. The maximum absolute atomic E-state index is 5.80. The summed E-state index contributed by atoms with van der Waals surface area (Å²) < 4.78 is 1.19. The Morgan fingerprint density at radius 1 is 1.36 bits per heavy atom. The maximum Gasteiger partial charge on any atom is 0.115 e. The van der Waals surface area contributed by atoms with Gasteiger partial charge in [0.15, 0.2) is 0 Å². The molecule has 0 atom stereocenters. The highest BCUT2D eigenvalue weighted by Gasteiger charge is 1.98. The smallest absolute Gasteiger partial charge is 0.115 e. The van der Waals surface area contributed by atoms with Gasteiger partial charge in [0.1, 0.15) is 7.85 Å². The normalized spacial score (nSPS) is 10.6. The van der Waals surface area contributed by atoms with Crippen LogP contribution in [0.15, 0.2) is 23.6 Å². The van der Waals surface area contributed by atoms with Crippen molar-refractivity contribution in [2.75, 3.05) is 0 Å². The van der Waals surface area contributed by atoms with Crippen molar-refractivity contribution in [3.63, 3.8) is 0 Å². The molecule has 0 N–H and O–H groups in total. The van der Waals surface area contributed by atoms with Crippen LogP contribution in [0.25, 0.3) is 10.1 Å². The van der Waals surface area contributed by atoms with Gasteiger partial charge < -0.3 is 0 Å². The molecule has 1 aromatic heterocycles. The van der Waals surface area contributed by atoms with E-state index in [-0.39, 0.29) is 0 Å². The summed E-state index contributed by atoms with van der Waals surface area (Å²) in [6, 6.07) is 5.75. The highest BCUT2D eigenvalue weighted by Crippen LogP contribution is 2.21. The van der Waals surface area contributed by atoms with Crippen molar-refractivity contribution >= 4 is 46.3 Å². The van der Waals surface area contributed by atoms with Gasteiger partial charge in [-0.05, 0) is 29.0 Å². The number of benzene rings is 1. The number of fused-ring (bicyclic) bond motifs is 1. The van der Waals surface area contributed by atoms with E-state index in [1.807, 2.05) is 23.6 Å². The molecule has 11 heavy (non-hydrogen) atoms. The molecule has 0 aliphatic rings. The average molecular weight is 178 g/mol. The Labute approximate surface area is 75.2 Å². The molecule has 0 nitrogen and oxygen atoms in total. The Kier molecular flexibility index (Phi) is 1.66. The van der Waals surface area contributed by atoms with Gasteiger partial charge in [0.05, 0.1) is 0 Å². The van der Waals surface area contributed by atoms with Crippen LogP contribution >= 0.6 is 22.9 Å². The van der Waals surface area contributed by atoms with E-state index in [1.54, 1.807) is 11.3 Å². The molecule has 1 aromatic carbocycles. The highest BCUT2D eigenvalue weighted by molar-refractivity contribution is 7.18. The second kappa shape index (κ2) is 2.54. The Morgan fingerprint density at radius 3 is 3.00 bits per heavy atom. The summed E-state index contributed by atoms with van der Waals surface area (Å²) in [4.78, 5) is 0. The zero-order valence-electron chi connectivity index (χ0n) is 5.67. The average Bonchev–Trinajstić information content (AvgIpc) is 2.33. The second-order valence-corrected chi connectivity index (χ2v) is 3.68. The van der Waals surface area contributed by atoms with Crippen molar-refractivity contribution in [3.8, 4) is 0 Å². The third kappa shape index (κ3) is 1.17. The van der Waals surface area contributed by atoms with Crippen molar-refractivity contribution in [2.45, 2.75) is 0 Å². The molecule has 2 aromatic rings. The van der Waals surface area contributed by atoms with Crippen molar-refractivity contribution < 1.29 is 0 Å².